The number of nitrogens with zero attached hydrogens (tertiary/aromatic N) is 5. The molecule has 1 saturated heterocycles. The minimum atomic E-state index is -0.831. The molecule has 4 rings (SSSR count). The van der Waals surface area contributed by atoms with Crippen LogP contribution < -0.4 is 16.0 Å². The third-order valence-corrected chi connectivity index (χ3v) is 8.94. The number of carbonyl (C=O) groups excluding carboxylic acids is 2. The number of nitrogen functional groups attached to an aromatic ring is 1. The van der Waals surface area contributed by atoms with Gasteiger partial charge in [-0.05, 0) is 90.0 Å². The largest absolute Gasteiger partial charge is 0.459 e. The van der Waals surface area contributed by atoms with Crippen LogP contribution >= 0.6 is 0 Å². The summed E-state index contributed by atoms with van der Waals surface area (Å²) < 4.78 is 13.7. The summed E-state index contributed by atoms with van der Waals surface area (Å²) in [7, 11) is 2.01. The van der Waals surface area contributed by atoms with Crippen molar-refractivity contribution in [2.24, 2.45) is 11.3 Å². The van der Waals surface area contributed by atoms with Crippen molar-refractivity contribution in [2.75, 3.05) is 29.5 Å². The monoisotopic (exact) mass is 663 g/mol. The standard InChI is InChI=1S/C37H57N7O4/c1-23(2)28-20-39-44-30(43(33(46)48-36(10,11)12)21-25-15-14-16-26(38)18-25)19-29(41-31(28)44)40-27-17-24(3)37(34(4,5)6,42(13)22-27)32(45)47-35(7,8)9/h14-16,18-20,23-24,27H,17,21-22,38H2,1-13H3,(H,40,41). The Morgan fingerprint density at radius 1 is 1.06 bits per heavy atom. The van der Waals surface area contributed by atoms with Crippen LogP contribution in [0.3, 0.4) is 0 Å². The summed E-state index contributed by atoms with van der Waals surface area (Å²) >= 11 is 0. The number of amides is 1. The molecule has 1 aromatic carbocycles. The summed E-state index contributed by atoms with van der Waals surface area (Å²) in [6.45, 7) is 24.7. The lowest BCUT2D eigenvalue weighted by Gasteiger charge is -2.56. The van der Waals surface area contributed by atoms with E-state index >= 15 is 0 Å². The Hall–Kier alpha value is -3.86. The van der Waals surface area contributed by atoms with Gasteiger partial charge in [-0.3, -0.25) is 9.80 Å². The van der Waals surface area contributed by atoms with E-state index in [4.69, 9.17) is 25.3 Å². The van der Waals surface area contributed by atoms with Gasteiger partial charge < -0.3 is 20.5 Å². The van der Waals surface area contributed by atoms with Crippen LogP contribution in [0.15, 0.2) is 36.5 Å². The van der Waals surface area contributed by atoms with Gasteiger partial charge in [-0.2, -0.15) is 9.61 Å². The molecule has 0 aliphatic carbocycles. The molecule has 48 heavy (non-hydrogen) atoms. The Bertz CT molecular complexity index is 1620. The number of nitrogens with two attached hydrogens (primary N) is 1. The van der Waals surface area contributed by atoms with Crippen molar-refractivity contribution in [3.05, 3.63) is 47.7 Å². The van der Waals surface area contributed by atoms with Gasteiger partial charge >= 0.3 is 12.1 Å². The van der Waals surface area contributed by atoms with Gasteiger partial charge in [-0.25, -0.2) is 14.6 Å². The minimum Gasteiger partial charge on any atom is -0.459 e. The van der Waals surface area contributed by atoms with E-state index in [2.05, 4.69) is 51.8 Å². The summed E-state index contributed by atoms with van der Waals surface area (Å²) in [6, 6.07) is 9.27. The predicted octanol–water partition coefficient (Wildman–Crippen LogP) is 7.26. The fourth-order valence-electron chi connectivity index (χ4n) is 7.23. The highest BCUT2D eigenvalue weighted by Gasteiger charge is 2.59. The number of aromatic nitrogens is 3. The van der Waals surface area contributed by atoms with Gasteiger partial charge in [0, 0.05) is 29.9 Å². The first-order valence-electron chi connectivity index (χ1n) is 17.0. The zero-order chi connectivity index (χ0) is 36.0. The van der Waals surface area contributed by atoms with Crippen LogP contribution in [0.2, 0.25) is 0 Å². The molecule has 0 bridgehead atoms. The van der Waals surface area contributed by atoms with Gasteiger partial charge in [-0.15, -0.1) is 0 Å². The van der Waals surface area contributed by atoms with Crippen molar-refractivity contribution in [2.45, 2.75) is 125 Å². The first-order valence-corrected chi connectivity index (χ1v) is 17.0. The molecule has 3 N–H and O–H groups in total. The Balaban J connectivity index is 1.78. The normalized spacial score (nSPS) is 21.0. The summed E-state index contributed by atoms with van der Waals surface area (Å²) in [4.78, 5) is 36.6. The molecule has 11 nitrogen and oxygen atoms in total. The second-order valence-corrected chi connectivity index (χ2v) is 16.7. The zero-order valence-electron chi connectivity index (χ0n) is 31.3. The second-order valence-electron chi connectivity index (χ2n) is 16.7. The van der Waals surface area contributed by atoms with E-state index in [1.54, 1.807) is 9.42 Å². The number of esters is 1. The Labute approximate surface area is 286 Å². The van der Waals surface area contributed by atoms with Gasteiger partial charge in [0.05, 0.1) is 12.7 Å². The molecule has 2 aromatic heterocycles. The van der Waals surface area contributed by atoms with Crippen LogP contribution in [0.1, 0.15) is 107 Å². The lowest BCUT2D eigenvalue weighted by molar-refractivity contribution is -0.187. The summed E-state index contributed by atoms with van der Waals surface area (Å²) in [6.07, 6.45) is 2.00. The molecule has 1 fully saturated rings. The first kappa shape index (κ1) is 37.0. The number of likely N-dealkylation sites (tertiary alicyclic amines) is 1. The highest BCUT2D eigenvalue weighted by Crippen LogP contribution is 2.47. The minimum absolute atomic E-state index is 0.0416. The fourth-order valence-corrected chi connectivity index (χ4v) is 7.23. The average molecular weight is 664 g/mol. The third-order valence-electron chi connectivity index (χ3n) is 8.94. The van der Waals surface area contributed by atoms with Gasteiger partial charge in [0.25, 0.3) is 0 Å². The summed E-state index contributed by atoms with van der Waals surface area (Å²) in [5, 5.41) is 8.37. The Morgan fingerprint density at radius 2 is 1.71 bits per heavy atom. The van der Waals surface area contributed by atoms with Crippen molar-refractivity contribution in [3.8, 4) is 0 Å². The van der Waals surface area contributed by atoms with Crippen LogP contribution in [-0.4, -0.2) is 67.9 Å². The van der Waals surface area contributed by atoms with Crippen LogP contribution in [0.5, 0.6) is 0 Å². The Kier molecular flexibility index (Phi) is 10.2. The molecule has 0 spiro atoms. The van der Waals surface area contributed by atoms with E-state index < -0.39 is 28.2 Å². The number of hydrogen-bond donors (Lipinski definition) is 2. The van der Waals surface area contributed by atoms with E-state index in [9.17, 15) is 9.59 Å². The average Bonchev–Trinajstić information content (AvgIpc) is 3.33. The number of fused-ring (bicyclic) bond motifs is 1. The molecule has 0 saturated carbocycles. The molecular formula is C37H57N7O4. The highest BCUT2D eigenvalue weighted by molar-refractivity contribution is 5.88. The molecule has 0 radical (unpaired) electrons. The van der Waals surface area contributed by atoms with Crippen LogP contribution in [-0.2, 0) is 20.8 Å². The molecule has 264 valence electrons. The SMILES string of the molecule is CC(C)c1cnn2c(N(Cc3cccc(N)c3)C(=O)OC(C)(C)C)cc(NC3CC(C)C(C(=O)OC(C)(C)C)(C(C)(C)C)N(C)C3)nc12. The second kappa shape index (κ2) is 13.2. The van der Waals surface area contributed by atoms with Crippen LogP contribution in [0.25, 0.3) is 5.65 Å². The summed E-state index contributed by atoms with van der Waals surface area (Å²) in [5.74, 6) is 1.01. The fraction of sp³-hybridized carbons (Fsp3) is 0.622. The molecule has 11 heteroatoms. The van der Waals surface area contributed by atoms with Crippen molar-refractivity contribution in [3.63, 3.8) is 0 Å². The number of rotatable bonds is 7. The van der Waals surface area contributed by atoms with Gasteiger partial charge in [0.2, 0.25) is 0 Å². The lowest BCUT2D eigenvalue weighted by atomic mass is 9.62. The number of piperidine rings is 1. The molecule has 3 atom stereocenters. The molecule has 3 heterocycles. The lowest BCUT2D eigenvalue weighted by Crippen LogP contribution is -2.70. The molecule has 1 aliphatic heterocycles. The number of nitrogens with one attached hydrogen (secondary N) is 1. The maximum absolute atomic E-state index is 14.0. The molecule has 1 amide bonds. The molecule has 1 aliphatic rings. The quantitative estimate of drug-likeness (QED) is 0.198. The van der Waals surface area contributed by atoms with Crippen molar-refractivity contribution in [1.82, 2.24) is 19.5 Å². The zero-order valence-corrected chi connectivity index (χ0v) is 31.3. The Morgan fingerprint density at radius 3 is 2.25 bits per heavy atom. The number of carbonyl (C=O) groups is 2. The van der Waals surface area contributed by atoms with Gasteiger partial charge in [0.1, 0.15) is 28.4 Å². The smallest absolute Gasteiger partial charge is 0.416 e. The van der Waals surface area contributed by atoms with Crippen LogP contribution in [0.4, 0.5) is 22.1 Å². The molecule has 3 aromatic rings. The maximum atomic E-state index is 14.0. The number of anilines is 3. The summed E-state index contributed by atoms with van der Waals surface area (Å²) in [5.41, 5.74) is 6.63. The number of ether oxygens (including phenoxy) is 2. The number of likely N-dealkylation sites (N-methyl/N-ethyl adjacent to an activating group) is 1. The van der Waals surface area contributed by atoms with E-state index in [0.29, 0.717) is 35.9 Å². The molecule has 3 unspecified atom stereocenters. The van der Waals surface area contributed by atoms with E-state index in [1.807, 2.05) is 85.1 Å². The predicted molar refractivity (Wildman–Crippen MR) is 192 cm³/mol. The number of hydrogen-bond acceptors (Lipinski definition) is 9. The topological polar surface area (TPSA) is 127 Å². The van der Waals surface area contributed by atoms with Crippen LogP contribution in [0, 0.1) is 11.3 Å². The van der Waals surface area contributed by atoms with Gasteiger partial charge in [-0.1, -0.05) is 53.7 Å². The van der Waals surface area contributed by atoms with Crippen molar-refractivity contribution >= 4 is 35.0 Å². The van der Waals surface area contributed by atoms with Crippen molar-refractivity contribution < 1.29 is 19.1 Å². The molecular weight excluding hydrogens is 606 g/mol. The van der Waals surface area contributed by atoms with E-state index in [0.717, 1.165) is 11.1 Å². The third kappa shape index (κ3) is 7.72. The number of benzene rings is 1. The first-order chi connectivity index (χ1) is 22.0. The van der Waals surface area contributed by atoms with E-state index in [-0.39, 0.29) is 30.4 Å². The van der Waals surface area contributed by atoms with Gasteiger partial charge in [0.15, 0.2) is 5.65 Å². The van der Waals surface area contributed by atoms with Crippen molar-refractivity contribution in [1.29, 1.82) is 0 Å². The maximum Gasteiger partial charge on any atom is 0.416 e. The van der Waals surface area contributed by atoms with E-state index in [1.165, 1.54) is 0 Å². The highest BCUT2D eigenvalue weighted by atomic mass is 16.6.